The standard InChI is InChI=1S/C11H16OS.C8H12OS.C8H14OS.C7H10OS.C7H12OS.5C6H10OS.C5H8OS/c1-2-6-10-8(4-1)12-9-5-3-7-11(9)13-10;1-2-4-8-7(3-1)9-5-6-10-8;1-7(2)8(3,4)10-6-5-9-7;1-2-6-7(3-1)9-5-4-8-6;1-6-7(2)9-5-3-4-8-6;1-6-2-4-8-5-3-7-6;1-6-4-7-2-3-8-5-6;1-6-2-3-7-4-5-8-6;1-6-5-8-4-2-3-7-6;1-6-5-7-3-2-4-8-6;1-2-6-3-5-7-4-1/h8,10H,1-7H2;5-8H,1-4H2;5-6H,1-4H3;1-5H2;3-5H2,1-2H3;3,5-6H,2,4H2,1H3;2-3,6H,4-5H2,1H3;4-6H,2-3H2,1H3;2*5H,2-4H2,1H3;3,5H,1-2,4H2. The smallest absolute Gasteiger partial charge is 0.117 e. The highest BCUT2D eigenvalue weighted by molar-refractivity contribution is 8.05. The highest BCUT2D eigenvalue weighted by Gasteiger charge is 2.40. The Hall–Kier alpha value is -1.21. The van der Waals surface area contributed by atoms with Crippen molar-refractivity contribution in [1.82, 2.24) is 0 Å². The van der Waals surface area contributed by atoms with Gasteiger partial charge in [0.2, 0.25) is 0 Å². The van der Waals surface area contributed by atoms with Crippen molar-refractivity contribution < 1.29 is 52.1 Å². The van der Waals surface area contributed by atoms with Gasteiger partial charge in [0.15, 0.2) is 0 Å². The molecule has 0 saturated heterocycles. The maximum atomic E-state index is 6.07. The summed E-state index contributed by atoms with van der Waals surface area (Å²) in [4.78, 5) is 5.75. The molecule has 2 fully saturated rings. The fourth-order valence-electron chi connectivity index (χ4n) is 10.3. The lowest BCUT2D eigenvalue weighted by molar-refractivity contribution is 0.0271. The summed E-state index contributed by atoms with van der Waals surface area (Å²) in [7, 11) is 0. The molecule has 11 nitrogen and oxygen atoms in total. The molecular formula is C76H122O11S11. The van der Waals surface area contributed by atoms with E-state index in [2.05, 4.69) is 84.9 Å². The van der Waals surface area contributed by atoms with Gasteiger partial charge in [0.1, 0.15) is 35.1 Å². The van der Waals surface area contributed by atoms with Gasteiger partial charge >= 0.3 is 0 Å². The van der Waals surface area contributed by atoms with Crippen LogP contribution in [0, 0.1) is 5.92 Å². The Kier molecular flexibility index (Phi) is 48.5. The highest BCUT2D eigenvalue weighted by Crippen LogP contribution is 2.48. The quantitative estimate of drug-likeness (QED) is 0.230. The molecule has 15 rings (SSSR count). The predicted octanol–water partition coefficient (Wildman–Crippen LogP) is 24.8. The van der Waals surface area contributed by atoms with Crippen LogP contribution in [0.2, 0.25) is 0 Å². The average molecular weight is 1560 g/mol. The van der Waals surface area contributed by atoms with Gasteiger partial charge in [-0.3, -0.25) is 0 Å². The van der Waals surface area contributed by atoms with Crippen LogP contribution in [0.1, 0.15) is 205 Å². The van der Waals surface area contributed by atoms with E-state index in [4.69, 9.17) is 52.1 Å². The molecule has 2 saturated carbocycles. The Morgan fingerprint density at radius 1 is 0.459 bits per heavy atom. The van der Waals surface area contributed by atoms with Crippen molar-refractivity contribution in [2.24, 2.45) is 5.92 Å². The van der Waals surface area contributed by atoms with Crippen LogP contribution < -0.4 is 0 Å². The van der Waals surface area contributed by atoms with Crippen molar-refractivity contribution in [3.63, 3.8) is 0 Å². The molecule has 0 radical (unpaired) electrons. The van der Waals surface area contributed by atoms with Crippen LogP contribution in [0.3, 0.4) is 0 Å². The van der Waals surface area contributed by atoms with Crippen molar-refractivity contribution in [3.8, 4) is 0 Å². The van der Waals surface area contributed by atoms with Crippen LogP contribution in [-0.2, 0) is 52.1 Å². The molecule has 7 unspecified atom stereocenters. The molecule has 98 heavy (non-hydrogen) atoms. The van der Waals surface area contributed by atoms with Gasteiger partial charge in [-0.1, -0.05) is 26.7 Å². The summed E-state index contributed by atoms with van der Waals surface area (Å²) in [5, 5.41) is 16.5. The summed E-state index contributed by atoms with van der Waals surface area (Å²) in [5.41, 5.74) is -0.0492. The topological polar surface area (TPSA) is 102 Å². The van der Waals surface area contributed by atoms with E-state index in [9.17, 15) is 0 Å². The first-order valence-electron chi connectivity index (χ1n) is 36.0. The molecule has 15 aliphatic rings. The van der Waals surface area contributed by atoms with E-state index in [0.717, 1.165) is 86.4 Å². The van der Waals surface area contributed by atoms with Crippen LogP contribution in [0.15, 0.2) is 124 Å². The van der Waals surface area contributed by atoms with Gasteiger partial charge in [0.25, 0.3) is 0 Å². The number of hydrogen-bond donors (Lipinski definition) is 0. The number of thioether (sulfide) groups is 11. The van der Waals surface area contributed by atoms with E-state index in [1.54, 1.807) is 36.2 Å². The molecule has 0 bridgehead atoms. The first kappa shape index (κ1) is 87.4. The summed E-state index contributed by atoms with van der Waals surface area (Å²) in [6.45, 7) is 29.6. The third kappa shape index (κ3) is 39.8. The van der Waals surface area contributed by atoms with Gasteiger partial charge < -0.3 is 52.1 Å². The van der Waals surface area contributed by atoms with Gasteiger partial charge in [0.05, 0.1) is 107 Å². The molecule has 0 aromatic rings. The van der Waals surface area contributed by atoms with E-state index in [-0.39, 0.29) is 10.3 Å². The number of fused-ring (bicyclic) bond motifs is 2. The van der Waals surface area contributed by atoms with Crippen LogP contribution in [0.5, 0.6) is 0 Å². The average Bonchev–Trinajstić information content (AvgIpc) is 1.21. The number of rotatable bonds is 0. The Bertz CT molecular complexity index is 2360. The molecule has 0 amide bonds. The zero-order valence-corrected chi connectivity index (χ0v) is 70.1. The van der Waals surface area contributed by atoms with Crippen molar-refractivity contribution in [1.29, 1.82) is 0 Å². The predicted molar refractivity (Wildman–Crippen MR) is 442 cm³/mol. The first-order valence-corrected chi connectivity index (χ1v) is 46.7. The fourth-order valence-corrected chi connectivity index (χ4v) is 19.6. The Labute approximate surface area is 641 Å². The molecule has 7 atom stereocenters. The molecule has 0 aromatic carbocycles. The van der Waals surface area contributed by atoms with Crippen molar-refractivity contribution in [2.75, 3.05) is 86.5 Å². The summed E-state index contributed by atoms with van der Waals surface area (Å²) in [5.74, 6) is 13.9. The SMILES string of the molecule is C1=CSC2CCCCC2O1.C1=CSCCCO1.C1CC2=C(C1)SC1CCCCC1O2.C1CC2=C(C1)SCCO2.CC1(C)OC=CSC1(C)C.CC1=C(C)SCCCO1.CC1=COCCCS1.CC1=CSCCCO1.CC1CCOC=CS1.CC1CCSC=CO1.CC1COC=CSC1. The fraction of sp³-hybridized carbons (Fsp3) is 0.711. The van der Waals surface area contributed by atoms with E-state index in [0.29, 0.717) is 24.2 Å². The molecule has 0 aromatic heterocycles. The van der Waals surface area contributed by atoms with Crippen LogP contribution in [0.4, 0.5) is 0 Å². The summed E-state index contributed by atoms with van der Waals surface area (Å²) < 4.78 is 58.8. The summed E-state index contributed by atoms with van der Waals surface area (Å²) in [6, 6.07) is 0. The maximum absolute atomic E-state index is 6.07. The van der Waals surface area contributed by atoms with Crippen LogP contribution in [0.25, 0.3) is 0 Å². The molecule has 558 valence electrons. The summed E-state index contributed by atoms with van der Waals surface area (Å²) >= 11 is 20.8. The lowest BCUT2D eigenvalue weighted by Crippen LogP contribution is -2.44. The number of allylic oxidation sites excluding steroid dienone is 8. The van der Waals surface area contributed by atoms with Crippen molar-refractivity contribution >= 4 is 129 Å². The first-order chi connectivity index (χ1) is 47.6. The van der Waals surface area contributed by atoms with E-state index < -0.39 is 0 Å². The lowest BCUT2D eigenvalue weighted by atomic mass is 9.93. The molecule has 0 spiro atoms. The zero-order chi connectivity index (χ0) is 70.2. The second kappa shape index (κ2) is 54.4. The Morgan fingerprint density at radius 2 is 1.11 bits per heavy atom. The molecular weight excluding hydrogens is 1440 g/mol. The maximum Gasteiger partial charge on any atom is 0.117 e. The minimum atomic E-state index is -0.0492. The molecule has 11 aliphatic heterocycles. The van der Waals surface area contributed by atoms with Gasteiger partial charge in [-0.05, 0) is 171 Å². The van der Waals surface area contributed by atoms with E-state index >= 15 is 0 Å². The Morgan fingerprint density at radius 3 is 1.92 bits per heavy atom. The third-order valence-electron chi connectivity index (χ3n) is 16.9. The second-order valence-electron chi connectivity index (χ2n) is 26.1. The van der Waals surface area contributed by atoms with Crippen LogP contribution >= 0.6 is 129 Å². The van der Waals surface area contributed by atoms with E-state index in [1.807, 2.05) is 171 Å². The summed E-state index contributed by atoms with van der Waals surface area (Å²) in [6.07, 6.45) is 39.6. The molecule has 4 aliphatic carbocycles. The normalized spacial score (nSPS) is 28.1. The second-order valence-corrected chi connectivity index (χ2v) is 39.2. The molecule has 11 heterocycles. The Balaban J connectivity index is 0.000000195. The van der Waals surface area contributed by atoms with E-state index in [1.165, 1.54) is 182 Å². The van der Waals surface area contributed by atoms with Gasteiger partial charge in [0, 0.05) is 126 Å². The number of hydrogen-bond acceptors (Lipinski definition) is 22. The monoisotopic (exact) mass is 1560 g/mol. The zero-order valence-electron chi connectivity index (χ0n) is 61.1. The van der Waals surface area contributed by atoms with Gasteiger partial charge in [-0.2, -0.15) is 0 Å². The lowest BCUT2D eigenvalue weighted by Gasteiger charge is -2.41. The largest absolute Gasteiger partial charge is 0.501 e. The molecule has 22 heteroatoms. The van der Waals surface area contributed by atoms with Crippen LogP contribution in [-0.4, -0.2) is 131 Å². The molecule has 0 N–H and O–H groups in total. The van der Waals surface area contributed by atoms with Gasteiger partial charge in [-0.15, -0.1) is 129 Å². The highest BCUT2D eigenvalue weighted by atomic mass is 32.2. The minimum absolute atomic E-state index is 0.0492. The minimum Gasteiger partial charge on any atom is -0.501 e. The third-order valence-corrected chi connectivity index (χ3v) is 29.0. The van der Waals surface area contributed by atoms with Crippen molar-refractivity contribution in [3.05, 3.63) is 124 Å². The van der Waals surface area contributed by atoms with Gasteiger partial charge in [-0.25, -0.2) is 0 Å². The van der Waals surface area contributed by atoms with Crippen molar-refractivity contribution in [2.45, 2.75) is 249 Å². The number of ether oxygens (including phenoxy) is 11.